The lowest BCUT2D eigenvalue weighted by atomic mass is 10.1. The van der Waals surface area contributed by atoms with Crippen LogP contribution in [0, 0.1) is 13.8 Å². The highest BCUT2D eigenvalue weighted by molar-refractivity contribution is 5.98. The Balaban J connectivity index is 1.42. The Morgan fingerprint density at radius 1 is 1.04 bits per heavy atom. The first-order chi connectivity index (χ1) is 13.5. The van der Waals surface area contributed by atoms with E-state index in [1.807, 2.05) is 24.3 Å². The average molecular weight is 370 g/mol. The lowest BCUT2D eigenvalue weighted by molar-refractivity contribution is 0.0761. The second kappa shape index (κ2) is 6.09. The van der Waals surface area contributed by atoms with Crippen molar-refractivity contribution in [3.63, 3.8) is 0 Å². The van der Waals surface area contributed by atoms with Gasteiger partial charge in [-0.3, -0.25) is 9.48 Å². The topological polar surface area (TPSA) is 42.5 Å². The van der Waals surface area contributed by atoms with Gasteiger partial charge in [0, 0.05) is 48.7 Å². The third-order valence-electron chi connectivity index (χ3n) is 5.61. The van der Waals surface area contributed by atoms with Crippen LogP contribution in [0.5, 0.6) is 0 Å². The highest BCUT2D eigenvalue weighted by Gasteiger charge is 2.30. The van der Waals surface area contributed by atoms with Gasteiger partial charge >= 0.3 is 0 Å². The first-order valence-corrected chi connectivity index (χ1v) is 9.49. The van der Waals surface area contributed by atoms with E-state index in [0.717, 1.165) is 39.2 Å². The van der Waals surface area contributed by atoms with E-state index >= 15 is 0 Å². The first kappa shape index (κ1) is 16.8. The van der Waals surface area contributed by atoms with Crippen LogP contribution in [0.4, 0.5) is 0 Å². The van der Waals surface area contributed by atoms with Crippen molar-refractivity contribution in [1.29, 1.82) is 0 Å². The molecule has 140 valence electrons. The number of carbonyl (C=O) groups is 1. The number of pyridine rings is 1. The second-order valence-corrected chi connectivity index (χ2v) is 7.66. The zero-order chi connectivity index (χ0) is 19.4. The first-order valence-electron chi connectivity index (χ1n) is 9.49. The average Bonchev–Trinajstić information content (AvgIpc) is 3.33. The molecule has 0 fully saturated rings. The van der Waals surface area contributed by atoms with Crippen molar-refractivity contribution >= 4 is 11.4 Å². The summed E-state index contributed by atoms with van der Waals surface area (Å²) in [4.78, 5) is 15.1. The molecule has 4 aromatic rings. The molecule has 0 atom stereocenters. The van der Waals surface area contributed by atoms with E-state index in [-0.39, 0.29) is 5.91 Å². The van der Waals surface area contributed by atoms with Gasteiger partial charge in [-0.25, -0.2) is 0 Å². The molecule has 4 heterocycles. The SMILES string of the molecule is Cc1cc(C)n2c3c(ccc12)CN(Cc1ccc(-c2cnn(C)c2)cc1)C3=O. The molecular weight excluding hydrogens is 348 g/mol. The van der Waals surface area contributed by atoms with Crippen LogP contribution in [0.1, 0.15) is 32.9 Å². The van der Waals surface area contributed by atoms with Gasteiger partial charge in [-0.05, 0) is 42.7 Å². The van der Waals surface area contributed by atoms with Gasteiger partial charge in [-0.2, -0.15) is 5.10 Å². The largest absolute Gasteiger partial charge is 0.329 e. The van der Waals surface area contributed by atoms with Crippen molar-refractivity contribution in [1.82, 2.24) is 19.1 Å². The highest BCUT2D eigenvalue weighted by Crippen LogP contribution is 2.29. The maximum Gasteiger partial charge on any atom is 0.271 e. The van der Waals surface area contributed by atoms with Gasteiger partial charge in [0.2, 0.25) is 0 Å². The van der Waals surface area contributed by atoms with Crippen LogP contribution < -0.4 is 0 Å². The summed E-state index contributed by atoms with van der Waals surface area (Å²) >= 11 is 0. The molecule has 1 aliphatic heterocycles. The maximum absolute atomic E-state index is 13.2. The van der Waals surface area contributed by atoms with Crippen molar-refractivity contribution in [2.45, 2.75) is 26.9 Å². The number of nitrogens with zero attached hydrogens (tertiary/aromatic N) is 4. The molecule has 5 rings (SSSR count). The maximum atomic E-state index is 13.2. The number of aryl methyl sites for hydroxylation is 3. The molecule has 0 N–H and O–H groups in total. The Kier molecular flexibility index (Phi) is 3.66. The Morgan fingerprint density at radius 2 is 1.82 bits per heavy atom. The minimum Gasteiger partial charge on any atom is -0.329 e. The smallest absolute Gasteiger partial charge is 0.271 e. The predicted octanol–water partition coefficient (Wildman–Crippen LogP) is 4.11. The minimum atomic E-state index is 0.107. The summed E-state index contributed by atoms with van der Waals surface area (Å²) in [5.74, 6) is 0.107. The van der Waals surface area contributed by atoms with Gasteiger partial charge in [-0.1, -0.05) is 30.3 Å². The van der Waals surface area contributed by atoms with E-state index in [1.165, 1.54) is 5.56 Å². The molecular formula is C23H22N4O. The van der Waals surface area contributed by atoms with Gasteiger partial charge < -0.3 is 9.30 Å². The van der Waals surface area contributed by atoms with Gasteiger partial charge in [0.1, 0.15) is 5.69 Å². The van der Waals surface area contributed by atoms with Crippen LogP contribution in [0.25, 0.3) is 16.6 Å². The van der Waals surface area contributed by atoms with Gasteiger partial charge in [0.05, 0.1) is 6.20 Å². The van der Waals surface area contributed by atoms with Crippen LogP contribution >= 0.6 is 0 Å². The third-order valence-corrected chi connectivity index (χ3v) is 5.61. The number of fused-ring (bicyclic) bond motifs is 3. The number of carbonyl (C=O) groups excluding carboxylic acids is 1. The van der Waals surface area contributed by atoms with Crippen LogP contribution in [0.2, 0.25) is 0 Å². The lowest BCUT2D eigenvalue weighted by Crippen LogP contribution is -2.24. The summed E-state index contributed by atoms with van der Waals surface area (Å²) in [6, 6.07) is 14.7. The molecule has 28 heavy (non-hydrogen) atoms. The summed E-state index contributed by atoms with van der Waals surface area (Å²) in [5.41, 5.74) is 8.71. The summed E-state index contributed by atoms with van der Waals surface area (Å²) in [6.45, 7) is 5.43. The predicted molar refractivity (Wildman–Crippen MR) is 109 cm³/mol. The monoisotopic (exact) mass is 370 g/mol. The van der Waals surface area contributed by atoms with Crippen LogP contribution in [0.15, 0.2) is 54.9 Å². The molecule has 0 spiro atoms. The third kappa shape index (κ3) is 2.54. The molecule has 0 aliphatic carbocycles. The molecule has 1 amide bonds. The van der Waals surface area contributed by atoms with Crippen molar-refractivity contribution in [3.8, 4) is 11.1 Å². The Labute approximate surface area is 163 Å². The van der Waals surface area contributed by atoms with Crippen LogP contribution in [-0.4, -0.2) is 25.0 Å². The fourth-order valence-electron chi connectivity index (χ4n) is 4.23. The molecule has 1 aromatic carbocycles. The van der Waals surface area contributed by atoms with E-state index < -0.39 is 0 Å². The molecule has 5 nitrogen and oxygen atoms in total. The standard InChI is InChI=1S/C23H22N4O/c1-15-10-16(2)27-21(15)9-8-19-14-26(23(28)22(19)27)12-17-4-6-18(7-5-17)20-11-24-25(3)13-20/h4-11,13H,12,14H2,1-3H3. The van der Waals surface area contributed by atoms with Crippen molar-refractivity contribution in [3.05, 3.63) is 82.9 Å². The summed E-state index contributed by atoms with van der Waals surface area (Å²) in [6.07, 6.45) is 3.87. The van der Waals surface area contributed by atoms with E-state index in [4.69, 9.17) is 0 Å². The Hall–Kier alpha value is -3.34. The zero-order valence-electron chi connectivity index (χ0n) is 16.3. The Bertz CT molecular complexity index is 1210. The molecule has 0 bridgehead atoms. The summed E-state index contributed by atoms with van der Waals surface area (Å²) in [7, 11) is 1.92. The lowest BCUT2D eigenvalue weighted by Gasteiger charge is -2.16. The van der Waals surface area contributed by atoms with E-state index in [1.54, 1.807) is 4.68 Å². The number of aromatic nitrogens is 3. The quantitative estimate of drug-likeness (QED) is 0.545. The number of rotatable bonds is 3. The van der Waals surface area contributed by atoms with E-state index in [9.17, 15) is 4.79 Å². The minimum absolute atomic E-state index is 0.107. The fraction of sp³-hybridized carbons (Fsp3) is 0.217. The summed E-state index contributed by atoms with van der Waals surface area (Å²) < 4.78 is 3.91. The molecule has 5 heteroatoms. The molecule has 0 unspecified atom stereocenters. The van der Waals surface area contributed by atoms with Gasteiger partial charge in [0.15, 0.2) is 0 Å². The van der Waals surface area contributed by atoms with Gasteiger partial charge in [-0.15, -0.1) is 0 Å². The molecule has 3 aromatic heterocycles. The molecule has 0 saturated heterocycles. The van der Waals surface area contributed by atoms with Crippen molar-refractivity contribution in [2.75, 3.05) is 0 Å². The number of benzene rings is 1. The van der Waals surface area contributed by atoms with Gasteiger partial charge in [0.25, 0.3) is 5.91 Å². The normalized spacial score (nSPS) is 13.5. The van der Waals surface area contributed by atoms with Crippen molar-refractivity contribution in [2.24, 2.45) is 7.05 Å². The molecule has 0 radical (unpaired) electrons. The van der Waals surface area contributed by atoms with Crippen molar-refractivity contribution < 1.29 is 4.79 Å². The van der Waals surface area contributed by atoms with E-state index in [0.29, 0.717) is 13.1 Å². The number of hydrogen-bond donors (Lipinski definition) is 0. The summed E-state index contributed by atoms with van der Waals surface area (Å²) in [5, 5.41) is 4.23. The highest BCUT2D eigenvalue weighted by atomic mass is 16.2. The number of hydrogen-bond acceptors (Lipinski definition) is 2. The molecule has 0 saturated carbocycles. The molecule has 1 aliphatic rings. The van der Waals surface area contributed by atoms with Crippen LogP contribution in [-0.2, 0) is 20.1 Å². The second-order valence-electron chi connectivity index (χ2n) is 7.66. The van der Waals surface area contributed by atoms with E-state index in [2.05, 4.69) is 65.8 Å². The zero-order valence-corrected chi connectivity index (χ0v) is 16.3. The number of amides is 1. The van der Waals surface area contributed by atoms with Crippen LogP contribution in [0.3, 0.4) is 0 Å². The Morgan fingerprint density at radius 3 is 2.54 bits per heavy atom. The fourth-order valence-corrected chi connectivity index (χ4v) is 4.23.